The van der Waals surface area contributed by atoms with Crippen LogP contribution in [0, 0.1) is 5.82 Å². The minimum atomic E-state index is -0.533. The second-order valence-electron chi connectivity index (χ2n) is 8.49. The quantitative estimate of drug-likeness (QED) is 0.398. The molecule has 0 saturated carbocycles. The van der Waals surface area contributed by atoms with Crippen LogP contribution in [0.2, 0.25) is 5.02 Å². The first-order valence-corrected chi connectivity index (χ1v) is 12.1. The van der Waals surface area contributed by atoms with Gasteiger partial charge in [0.1, 0.15) is 18.1 Å². The van der Waals surface area contributed by atoms with Gasteiger partial charge >= 0.3 is 0 Å². The third-order valence-corrected chi connectivity index (χ3v) is 6.43. The zero-order valence-electron chi connectivity index (χ0n) is 20.6. The zero-order chi connectivity index (χ0) is 26.4. The number of hydrazone groups is 1. The molecule has 0 spiro atoms. The highest BCUT2D eigenvalue weighted by Gasteiger charge is 2.35. The van der Waals surface area contributed by atoms with E-state index in [-0.39, 0.29) is 25.3 Å². The Morgan fingerprint density at radius 2 is 1.86 bits per heavy atom. The van der Waals surface area contributed by atoms with Crippen molar-refractivity contribution in [2.24, 2.45) is 5.10 Å². The van der Waals surface area contributed by atoms with Crippen molar-refractivity contribution < 1.29 is 23.5 Å². The molecule has 1 heterocycles. The molecule has 37 heavy (non-hydrogen) atoms. The van der Waals surface area contributed by atoms with E-state index in [9.17, 15) is 14.0 Å². The highest BCUT2D eigenvalue weighted by Crippen LogP contribution is 2.36. The fraction of sp³-hybridized carbons (Fsp3) is 0.250. The van der Waals surface area contributed by atoms with E-state index in [0.717, 1.165) is 17.2 Å². The summed E-state index contributed by atoms with van der Waals surface area (Å²) in [6.45, 7) is 0.0871. The lowest BCUT2D eigenvalue weighted by Crippen LogP contribution is -2.42. The van der Waals surface area contributed by atoms with Gasteiger partial charge in [0.05, 0.1) is 25.5 Å². The van der Waals surface area contributed by atoms with E-state index in [1.165, 1.54) is 35.2 Å². The van der Waals surface area contributed by atoms with Crippen LogP contribution in [-0.2, 0) is 9.53 Å². The molecular formula is C28H27ClFN3O4. The number of hydrogen-bond acceptors (Lipinski definition) is 5. The third-order valence-electron chi connectivity index (χ3n) is 6.08. The average Bonchev–Trinajstić information content (AvgIpc) is 3.36. The summed E-state index contributed by atoms with van der Waals surface area (Å²) in [6.07, 6.45) is 0.429. The summed E-state index contributed by atoms with van der Waals surface area (Å²) in [4.78, 5) is 28.2. The summed E-state index contributed by atoms with van der Waals surface area (Å²) in [5.74, 6) is -0.737. The first kappa shape index (κ1) is 26.3. The Morgan fingerprint density at radius 3 is 2.59 bits per heavy atom. The van der Waals surface area contributed by atoms with Crippen LogP contribution < -0.4 is 4.74 Å². The maximum Gasteiger partial charge on any atom is 0.262 e. The number of hydrogen-bond donors (Lipinski definition) is 0. The number of halogens is 2. The Morgan fingerprint density at radius 1 is 1.08 bits per heavy atom. The van der Waals surface area contributed by atoms with E-state index < -0.39 is 23.7 Å². The molecular weight excluding hydrogens is 497 g/mol. The molecule has 9 heteroatoms. The Labute approximate surface area is 220 Å². The number of carbonyl (C=O) groups is 2. The largest absolute Gasteiger partial charge is 0.497 e. The minimum absolute atomic E-state index is 0.147. The molecule has 1 atom stereocenters. The van der Waals surface area contributed by atoms with Gasteiger partial charge in [0.2, 0.25) is 0 Å². The second-order valence-corrected chi connectivity index (χ2v) is 8.90. The molecule has 0 aliphatic carbocycles. The van der Waals surface area contributed by atoms with Gasteiger partial charge in [-0.3, -0.25) is 9.59 Å². The summed E-state index contributed by atoms with van der Waals surface area (Å²) >= 11 is 6.51. The number of nitrogens with zero attached hydrogens (tertiary/aromatic N) is 3. The van der Waals surface area contributed by atoms with Gasteiger partial charge in [-0.25, -0.2) is 9.40 Å². The molecule has 4 rings (SSSR count). The average molecular weight is 524 g/mol. The summed E-state index contributed by atoms with van der Waals surface area (Å²) in [6, 6.07) is 19.7. The highest BCUT2D eigenvalue weighted by atomic mass is 35.5. The van der Waals surface area contributed by atoms with Crippen molar-refractivity contribution in [2.75, 3.05) is 33.9 Å². The van der Waals surface area contributed by atoms with E-state index in [4.69, 9.17) is 21.1 Å². The van der Waals surface area contributed by atoms with Crippen LogP contribution in [0.4, 0.5) is 4.39 Å². The van der Waals surface area contributed by atoms with Crippen LogP contribution in [0.25, 0.3) is 0 Å². The first-order valence-electron chi connectivity index (χ1n) is 11.7. The minimum Gasteiger partial charge on any atom is -0.497 e. The number of carbonyl (C=O) groups excluding carboxylic acids is 2. The van der Waals surface area contributed by atoms with Crippen LogP contribution in [0.1, 0.15) is 33.9 Å². The number of amides is 2. The number of rotatable bonds is 9. The van der Waals surface area contributed by atoms with Crippen LogP contribution in [0.15, 0.2) is 77.9 Å². The van der Waals surface area contributed by atoms with E-state index >= 15 is 0 Å². The normalized spacial score (nSPS) is 14.9. The predicted octanol–water partition coefficient (Wildman–Crippen LogP) is 4.95. The monoisotopic (exact) mass is 523 g/mol. The lowest BCUT2D eigenvalue weighted by atomic mass is 9.98. The number of ether oxygens (including phenoxy) is 2. The topological polar surface area (TPSA) is 71.4 Å². The first-order chi connectivity index (χ1) is 17.9. The van der Waals surface area contributed by atoms with Crippen LogP contribution in [-0.4, -0.2) is 61.4 Å². The van der Waals surface area contributed by atoms with E-state index in [0.29, 0.717) is 22.9 Å². The van der Waals surface area contributed by atoms with Crippen LogP contribution in [0.3, 0.4) is 0 Å². The van der Waals surface area contributed by atoms with Crippen LogP contribution in [0.5, 0.6) is 5.75 Å². The molecule has 3 aromatic carbocycles. The van der Waals surface area contributed by atoms with Gasteiger partial charge in [-0.2, -0.15) is 5.10 Å². The van der Waals surface area contributed by atoms with Crippen molar-refractivity contribution >= 4 is 29.1 Å². The molecule has 1 aliphatic rings. The molecule has 3 aromatic rings. The van der Waals surface area contributed by atoms with Crippen LogP contribution >= 0.6 is 11.6 Å². The molecule has 192 valence electrons. The van der Waals surface area contributed by atoms with Crippen molar-refractivity contribution in [1.82, 2.24) is 9.91 Å². The maximum absolute atomic E-state index is 13.8. The molecule has 2 amide bonds. The Hall–Kier alpha value is -3.75. The lowest BCUT2D eigenvalue weighted by Gasteiger charge is -2.27. The van der Waals surface area contributed by atoms with Gasteiger partial charge in [0.25, 0.3) is 11.8 Å². The molecule has 0 N–H and O–H groups in total. The van der Waals surface area contributed by atoms with Crippen molar-refractivity contribution in [1.29, 1.82) is 0 Å². The number of benzene rings is 3. The lowest BCUT2D eigenvalue weighted by molar-refractivity contribution is -0.133. The molecule has 7 nitrogen and oxygen atoms in total. The predicted molar refractivity (Wildman–Crippen MR) is 139 cm³/mol. The van der Waals surface area contributed by atoms with E-state index in [2.05, 4.69) is 5.10 Å². The number of methoxy groups -OCH3 is 2. The Bertz CT molecular complexity index is 1320. The van der Waals surface area contributed by atoms with Crippen molar-refractivity contribution in [3.8, 4) is 5.75 Å². The summed E-state index contributed by atoms with van der Waals surface area (Å²) in [5, 5.41) is 6.57. The Kier molecular flexibility index (Phi) is 8.53. The Balaban J connectivity index is 1.65. The van der Waals surface area contributed by atoms with E-state index in [1.807, 2.05) is 42.5 Å². The standard InChI is InChI=1S/C28H27ClFN3O4/c1-36-14-13-32(28(35)20-8-5-9-21(30)15-20)18-27(34)33-26(23-11-3-4-12-24(23)29)17-25(31-33)19-7-6-10-22(16-19)37-2/h3-12,15-16,26H,13-14,17-18H2,1-2H3/t26-/m1/s1. The fourth-order valence-corrected chi connectivity index (χ4v) is 4.46. The molecule has 0 saturated heterocycles. The van der Waals surface area contributed by atoms with Crippen molar-refractivity contribution in [3.63, 3.8) is 0 Å². The van der Waals surface area contributed by atoms with Gasteiger partial charge < -0.3 is 14.4 Å². The molecule has 0 unspecified atom stereocenters. The smallest absolute Gasteiger partial charge is 0.262 e. The molecule has 0 fully saturated rings. The molecule has 1 aliphatic heterocycles. The SMILES string of the molecule is COCCN(CC(=O)N1N=C(c2cccc(OC)c2)C[C@@H]1c1ccccc1Cl)C(=O)c1cccc(F)c1. The molecule has 0 aromatic heterocycles. The maximum atomic E-state index is 13.8. The highest BCUT2D eigenvalue weighted by molar-refractivity contribution is 6.31. The van der Waals surface area contributed by atoms with Crippen molar-refractivity contribution in [3.05, 3.63) is 100 Å². The van der Waals surface area contributed by atoms with Gasteiger partial charge in [-0.1, -0.05) is 48.0 Å². The van der Waals surface area contributed by atoms with Gasteiger partial charge in [-0.15, -0.1) is 0 Å². The summed E-state index contributed by atoms with van der Waals surface area (Å²) in [5.41, 5.74) is 2.41. The van der Waals surface area contributed by atoms with Gasteiger partial charge in [0.15, 0.2) is 0 Å². The third kappa shape index (κ3) is 6.15. The second kappa shape index (κ2) is 12.0. The van der Waals surface area contributed by atoms with Gasteiger partial charge in [0, 0.05) is 36.2 Å². The summed E-state index contributed by atoms with van der Waals surface area (Å²) < 4.78 is 24.3. The van der Waals surface area contributed by atoms with Gasteiger partial charge in [-0.05, 0) is 42.0 Å². The van der Waals surface area contributed by atoms with Crippen molar-refractivity contribution in [2.45, 2.75) is 12.5 Å². The molecule has 0 bridgehead atoms. The summed E-state index contributed by atoms with van der Waals surface area (Å²) in [7, 11) is 3.09. The fourth-order valence-electron chi connectivity index (χ4n) is 4.20. The molecule has 0 radical (unpaired) electrons. The zero-order valence-corrected chi connectivity index (χ0v) is 21.3. The van der Waals surface area contributed by atoms with E-state index in [1.54, 1.807) is 13.2 Å².